The zero-order valence-electron chi connectivity index (χ0n) is 13.6. The average molecular weight is 404 g/mol. The van der Waals surface area contributed by atoms with Gasteiger partial charge in [0.1, 0.15) is 11.1 Å². The summed E-state index contributed by atoms with van der Waals surface area (Å²) in [7, 11) is 0. The Morgan fingerprint density at radius 3 is 2.88 bits per heavy atom. The summed E-state index contributed by atoms with van der Waals surface area (Å²) in [5.74, 6) is 0. The van der Waals surface area contributed by atoms with E-state index >= 15 is 0 Å². The van der Waals surface area contributed by atoms with Crippen molar-refractivity contribution in [3.63, 3.8) is 0 Å². The van der Waals surface area contributed by atoms with Crippen LogP contribution in [-0.2, 0) is 4.74 Å². The maximum absolute atomic E-state index is 5.96. The van der Waals surface area contributed by atoms with Gasteiger partial charge in [0.2, 0.25) is 10.1 Å². The van der Waals surface area contributed by atoms with E-state index in [9.17, 15) is 0 Å². The number of anilines is 1. The molecule has 5 rings (SSSR count). The van der Waals surface area contributed by atoms with E-state index in [2.05, 4.69) is 9.88 Å². The molecule has 1 aliphatic rings. The van der Waals surface area contributed by atoms with Crippen LogP contribution in [0.15, 0.2) is 42.0 Å². The Kier molecular flexibility index (Phi) is 4.12. The van der Waals surface area contributed by atoms with Crippen LogP contribution in [0, 0.1) is 0 Å². The molecule has 26 heavy (non-hydrogen) atoms. The summed E-state index contributed by atoms with van der Waals surface area (Å²) >= 11 is 9.17. The van der Waals surface area contributed by atoms with Crippen LogP contribution < -0.4 is 4.90 Å². The normalized spacial score (nSPS) is 17.9. The topological polar surface area (TPSA) is 55.5 Å². The van der Waals surface area contributed by atoms with Gasteiger partial charge in [0.25, 0.3) is 0 Å². The Bertz CT molecular complexity index is 996. The van der Waals surface area contributed by atoms with E-state index < -0.39 is 0 Å². The lowest BCUT2D eigenvalue weighted by Crippen LogP contribution is -2.38. The van der Waals surface area contributed by atoms with Gasteiger partial charge in [-0.05, 0) is 12.1 Å². The minimum absolute atomic E-state index is 0.00426. The molecule has 6 nitrogen and oxygen atoms in total. The number of morpholine rings is 1. The van der Waals surface area contributed by atoms with Gasteiger partial charge in [-0.25, -0.2) is 14.5 Å². The molecule has 0 radical (unpaired) electrons. The standard InChI is InChI=1S/C17H14ClN5OS2/c18-12-3-1-11(2-4-12)13-9-23-16(20-13)26-17(21-23)22-6-7-24-14(10-22)15-19-5-8-25-15/h1-5,8-9,14H,6-7,10H2. The van der Waals surface area contributed by atoms with Crippen LogP contribution in [0.1, 0.15) is 11.1 Å². The molecule has 0 aliphatic carbocycles. The molecular weight excluding hydrogens is 390 g/mol. The number of aromatic nitrogens is 4. The fourth-order valence-electron chi connectivity index (χ4n) is 2.94. The molecular formula is C17H14ClN5OS2. The number of nitrogens with zero attached hydrogens (tertiary/aromatic N) is 5. The monoisotopic (exact) mass is 403 g/mol. The Balaban J connectivity index is 1.40. The lowest BCUT2D eigenvalue weighted by atomic mass is 10.2. The van der Waals surface area contributed by atoms with Crippen LogP contribution >= 0.6 is 34.3 Å². The van der Waals surface area contributed by atoms with Gasteiger partial charge in [-0.1, -0.05) is 35.1 Å². The van der Waals surface area contributed by atoms with Gasteiger partial charge < -0.3 is 9.64 Å². The molecule has 1 unspecified atom stereocenters. The van der Waals surface area contributed by atoms with E-state index in [1.165, 1.54) is 0 Å². The summed E-state index contributed by atoms with van der Waals surface area (Å²) in [5, 5.41) is 9.39. The van der Waals surface area contributed by atoms with E-state index in [1.54, 1.807) is 22.7 Å². The highest BCUT2D eigenvalue weighted by atomic mass is 35.5. The number of imidazole rings is 1. The molecule has 1 aliphatic heterocycles. The highest BCUT2D eigenvalue weighted by Crippen LogP contribution is 2.31. The zero-order chi connectivity index (χ0) is 17.5. The molecule has 0 saturated carbocycles. The molecule has 1 fully saturated rings. The third-order valence-electron chi connectivity index (χ3n) is 4.24. The molecule has 4 aromatic rings. The lowest BCUT2D eigenvalue weighted by Gasteiger charge is -2.31. The third-order valence-corrected chi connectivity index (χ3v) is 6.34. The highest BCUT2D eigenvalue weighted by molar-refractivity contribution is 7.20. The van der Waals surface area contributed by atoms with Gasteiger partial charge in [0.15, 0.2) is 0 Å². The molecule has 1 saturated heterocycles. The number of halogens is 1. The maximum Gasteiger partial charge on any atom is 0.214 e. The van der Waals surface area contributed by atoms with E-state index in [-0.39, 0.29) is 6.10 Å². The van der Waals surface area contributed by atoms with Gasteiger partial charge in [0, 0.05) is 28.7 Å². The molecule has 132 valence electrons. The van der Waals surface area contributed by atoms with Gasteiger partial charge in [-0.15, -0.1) is 16.4 Å². The maximum atomic E-state index is 5.96. The predicted octanol–water partition coefficient (Wildman–Crippen LogP) is 4.15. The molecule has 1 aromatic carbocycles. The number of fused-ring (bicyclic) bond motifs is 1. The van der Waals surface area contributed by atoms with E-state index in [0.29, 0.717) is 6.61 Å². The second-order valence-electron chi connectivity index (χ2n) is 5.92. The van der Waals surface area contributed by atoms with E-state index in [1.807, 2.05) is 46.6 Å². The zero-order valence-corrected chi connectivity index (χ0v) is 16.0. The third kappa shape index (κ3) is 2.99. The average Bonchev–Trinajstić information content (AvgIpc) is 3.39. The van der Waals surface area contributed by atoms with Crippen molar-refractivity contribution >= 4 is 44.4 Å². The van der Waals surface area contributed by atoms with Crippen LogP contribution in [0.5, 0.6) is 0 Å². The molecule has 0 amide bonds. The number of benzene rings is 1. The molecule has 0 N–H and O–H groups in total. The first-order valence-corrected chi connectivity index (χ1v) is 10.2. The SMILES string of the molecule is Clc1ccc(-c2cn3nc(N4CCOC(c5nccs5)C4)sc3n2)cc1. The number of rotatable bonds is 3. The second kappa shape index (κ2) is 6.62. The Morgan fingerprint density at radius 1 is 1.23 bits per heavy atom. The number of thiazole rings is 1. The molecule has 3 aromatic heterocycles. The summed E-state index contributed by atoms with van der Waals surface area (Å²) in [4.78, 5) is 12.2. The highest BCUT2D eigenvalue weighted by Gasteiger charge is 2.26. The van der Waals surface area contributed by atoms with Crippen molar-refractivity contribution < 1.29 is 4.74 Å². The molecule has 9 heteroatoms. The summed E-state index contributed by atoms with van der Waals surface area (Å²) in [6, 6.07) is 7.68. The quantitative estimate of drug-likeness (QED) is 0.514. The van der Waals surface area contributed by atoms with E-state index in [0.717, 1.165) is 44.5 Å². The van der Waals surface area contributed by atoms with Crippen molar-refractivity contribution in [1.82, 2.24) is 19.6 Å². The summed E-state index contributed by atoms with van der Waals surface area (Å²) < 4.78 is 7.71. The van der Waals surface area contributed by atoms with Crippen LogP contribution in [0.3, 0.4) is 0 Å². The molecule has 0 spiro atoms. The molecule has 0 bridgehead atoms. The van der Waals surface area contributed by atoms with Gasteiger partial charge in [0.05, 0.1) is 25.0 Å². The van der Waals surface area contributed by atoms with Gasteiger partial charge >= 0.3 is 0 Å². The van der Waals surface area contributed by atoms with Gasteiger partial charge in [-0.3, -0.25) is 0 Å². The van der Waals surface area contributed by atoms with Crippen LogP contribution in [0.2, 0.25) is 5.02 Å². The van der Waals surface area contributed by atoms with Crippen molar-refractivity contribution in [2.75, 3.05) is 24.6 Å². The van der Waals surface area contributed by atoms with Crippen LogP contribution in [0.25, 0.3) is 16.2 Å². The summed E-state index contributed by atoms with van der Waals surface area (Å²) in [5.41, 5.74) is 1.93. The first-order chi connectivity index (χ1) is 12.8. The number of ether oxygens (including phenoxy) is 1. The minimum atomic E-state index is 0.00426. The van der Waals surface area contributed by atoms with Crippen molar-refractivity contribution in [3.05, 3.63) is 52.1 Å². The molecule has 1 atom stereocenters. The Hall–Kier alpha value is -2.00. The Morgan fingerprint density at radius 2 is 2.12 bits per heavy atom. The van der Waals surface area contributed by atoms with Gasteiger partial charge in [-0.2, -0.15) is 0 Å². The summed E-state index contributed by atoms with van der Waals surface area (Å²) in [6.45, 7) is 2.25. The smallest absolute Gasteiger partial charge is 0.214 e. The summed E-state index contributed by atoms with van der Waals surface area (Å²) in [6.07, 6.45) is 3.78. The Labute approximate surface area is 162 Å². The second-order valence-corrected chi connectivity index (χ2v) is 8.22. The lowest BCUT2D eigenvalue weighted by molar-refractivity contribution is 0.0396. The number of hydrogen-bond acceptors (Lipinski definition) is 7. The van der Waals surface area contributed by atoms with Crippen molar-refractivity contribution in [1.29, 1.82) is 0 Å². The predicted molar refractivity (Wildman–Crippen MR) is 104 cm³/mol. The largest absolute Gasteiger partial charge is 0.367 e. The number of hydrogen-bond donors (Lipinski definition) is 0. The fraction of sp³-hybridized carbons (Fsp3) is 0.235. The van der Waals surface area contributed by atoms with Crippen LogP contribution in [-0.4, -0.2) is 39.3 Å². The first kappa shape index (κ1) is 16.2. The first-order valence-electron chi connectivity index (χ1n) is 8.14. The van der Waals surface area contributed by atoms with Crippen molar-refractivity contribution in [2.24, 2.45) is 0 Å². The van der Waals surface area contributed by atoms with Crippen LogP contribution in [0.4, 0.5) is 5.13 Å². The van der Waals surface area contributed by atoms with Crippen molar-refractivity contribution in [2.45, 2.75) is 6.10 Å². The van der Waals surface area contributed by atoms with Crippen molar-refractivity contribution in [3.8, 4) is 11.3 Å². The van der Waals surface area contributed by atoms with E-state index in [4.69, 9.17) is 26.4 Å². The fourth-order valence-corrected chi connectivity index (χ4v) is 4.66. The minimum Gasteiger partial charge on any atom is -0.367 e. The molecule has 4 heterocycles.